The van der Waals surface area contributed by atoms with Crippen LogP contribution in [0.4, 0.5) is 5.69 Å². The van der Waals surface area contributed by atoms with Crippen molar-refractivity contribution in [3.05, 3.63) is 18.2 Å². The Kier molecular flexibility index (Phi) is 6.81. The molecule has 31 heavy (non-hydrogen) atoms. The third-order valence-electron chi connectivity index (χ3n) is 6.35. The van der Waals surface area contributed by atoms with Gasteiger partial charge < -0.3 is 10.1 Å². The number of hydrogen-bond acceptors (Lipinski definition) is 5. The van der Waals surface area contributed by atoms with Crippen LogP contribution in [0.1, 0.15) is 57.8 Å². The molecule has 170 valence electrons. The minimum Gasteiger partial charge on any atom is -0.482 e. The van der Waals surface area contributed by atoms with Crippen LogP contribution in [0, 0.1) is 0 Å². The lowest BCUT2D eigenvalue weighted by molar-refractivity contribution is -0.125. The normalized spacial score (nSPS) is 21.2. The van der Waals surface area contributed by atoms with Crippen LogP contribution in [0.15, 0.2) is 23.1 Å². The predicted molar refractivity (Wildman–Crippen MR) is 117 cm³/mol. The molecule has 1 aromatic rings. The van der Waals surface area contributed by atoms with Gasteiger partial charge in [-0.15, -0.1) is 0 Å². The van der Waals surface area contributed by atoms with Crippen molar-refractivity contribution in [2.24, 2.45) is 0 Å². The monoisotopic (exact) mass is 449 g/mol. The zero-order valence-corrected chi connectivity index (χ0v) is 18.7. The van der Waals surface area contributed by atoms with Gasteiger partial charge in [0.1, 0.15) is 12.3 Å². The van der Waals surface area contributed by atoms with Crippen molar-refractivity contribution in [2.75, 3.05) is 31.1 Å². The van der Waals surface area contributed by atoms with Gasteiger partial charge in [0.15, 0.2) is 6.61 Å². The van der Waals surface area contributed by atoms with E-state index in [0.29, 0.717) is 24.5 Å². The number of anilines is 1. The number of carbonyl (C=O) groups excluding carboxylic acids is 2. The Morgan fingerprint density at radius 1 is 1.03 bits per heavy atom. The first-order valence-electron chi connectivity index (χ1n) is 11.3. The van der Waals surface area contributed by atoms with E-state index in [0.717, 1.165) is 51.4 Å². The van der Waals surface area contributed by atoms with Gasteiger partial charge in [0.05, 0.1) is 10.6 Å². The molecule has 2 amide bonds. The van der Waals surface area contributed by atoms with Crippen molar-refractivity contribution < 1.29 is 22.7 Å². The zero-order chi connectivity index (χ0) is 21.8. The van der Waals surface area contributed by atoms with Gasteiger partial charge in [-0.3, -0.25) is 14.5 Å². The van der Waals surface area contributed by atoms with Crippen LogP contribution in [0.25, 0.3) is 0 Å². The second-order valence-corrected chi connectivity index (χ2v) is 10.6. The Morgan fingerprint density at radius 2 is 1.71 bits per heavy atom. The molecule has 0 radical (unpaired) electrons. The summed E-state index contributed by atoms with van der Waals surface area (Å²) in [7, 11) is -3.67. The topological polar surface area (TPSA) is 96.0 Å². The SMILES string of the molecule is O=C(CN1C(=O)COc2ccc(S(=O)(=O)N3CCCCCC3)cc21)NC1CCCCC1. The summed E-state index contributed by atoms with van der Waals surface area (Å²) >= 11 is 0. The molecule has 0 unspecified atom stereocenters. The lowest BCUT2D eigenvalue weighted by Gasteiger charge is -2.31. The van der Waals surface area contributed by atoms with Gasteiger partial charge >= 0.3 is 0 Å². The minimum atomic E-state index is -3.67. The molecule has 1 N–H and O–H groups in total. The standard InChI is InChI=1S/C22H31N3O5S/c26-21(23-17-8-4-3-5-9-17)15-25-19-14-18(10-11-20(19)30-16-22(25)27)31(28,29)24-12-6-1-2-7-13-24/h10-11,14,17H,1-9,12-13,15-16H2,(H,23,26). The number of carbonyl (C=O) groups is 2. The van der Waals surface area contributed by atoms with Gasteiger partial charge in [0.2, 0.25) is 15.9 Å². The molecule has 2 aliphatic heterocycles. The molecule has 0 atom stereocenters. The molecule has 9 heteroatoms. The van der Waals surface area contributed by atoms with Crippen molar-refractivity contribution in [2.45, 2.75) is 68.7 Å². The smallest absolute Gasteiger partial charge is 0.265 e. The fourth-order valence-corrected chi connectivity index (χ4v) is 6.15. The fourth-order valence-electron chi connectivity index (χ4n) is 4.61. The van der Waals surface area contributed by atoms with Crippen LogP contribution in [-0.2, 0) is 19.6 Å². The van der Waals surface area contributed by atoms with E-state index >= 15 is 0 Å². The molecule has 2 fully saturated rings. The molecule has 2 heterocycles. The summed E-state index contributed by atoms with van der Waals surface area (Å²) in [6, 6.07) is 4.72. The van der Waals surface area contributed by atoms with E-state index in [2.05, 4.69) is 5.32 Å². The maximum absolute atomic E-state index is 13.2. The highest BCUT2D eigenvalue weighted by molar-refractivity contribution is 7.89. The largest absolute Gasteiger partial charge is 0.482 e. The van der Waals surface area contributed by atoms with Crippen LogP contribution >= 0.6 is 0 Å². The van der Waals surface area contributed by atoms with Gasteiger partial charge in [0, 0.05) is 19.1 Å². The Bertz CT molecular complexity index is 919. The van der Waals surface area contributed by atoms with Crippen molar-refractivity contribution in [3.8, 4) is 5.75 Å². The van der Waals surface area contributed by atoms with Crippen molar-refractivity contribution in [3.63, 3.8) is 0 Å². The molecule has 0 bridgehead atoms. The summed E-state index contributed by atoms with van der Waals surface area (Å²) in [5, 5.41) is 3.02. The van der Waals surface area contributed by atoms with Crippen molar-refractivity contribution in [1.82, 2.24) is 9.62 Å². The number of sulfonamides is 1. The Balaban J connectivity index is 1.55. The summed E-state index contributed by atoms with van der Waals surface area (Å²) in [4.78, 5) is 26.7. The fraction of sp³-hybridized carbons (Fsp3) is 0.636. The van der Waals surface area contributed by atoms with E-state index in [1.54, 1.807) is 6.07 Å². The maximum atomic E-state index is 13.2. The summed E-state index contributed by atoms with van der Waals surface area (Å²) in [5.74, 6) is -0.163. The van der Waals surface area contributed by atoms with E-state index < -0.39 is 10.0 Å². The first-order chi connectivity index (χ1) is 14.9. The maximum Gasteiger partial charge on any atom is 0.265 e. The number of amides is 2. The Morgan fingerprint density at radius 3 is 2.42 bits per heavy atom. The first kappa shape index (κ1) is 22.1. The minimum absolute atomic E-state index is 0.129. The number of nitrogens with zero attached hydrogens (tertiary/aromatic N) is 2. The summed E-state index contributed by atoms with van der Waals surface area (Å²) in [5.41, 5.74) is 0.339. The van der Waals surface area contributed by atoms with E-state index in [1.807, 2.05) is 0 Å². The molecule has 4 rings (SSSR count). The summed E-state index contributed by atoms with van der Waals surface area (Å²) < 4.78 is 33.4. The Labute approximate surface area is 184 Å². The lowest BCUT2D eigenvalue weighted by Crippen LogP contribution is -2.47. The molecule has 8 nitrogen and oxygen atoms in total. The molecule has 1 saturated carbocycles. The third-order valence-corrected chi connectivity index (χ3v) is 8.24. The second-order valence-electron chi connectivity index (χ2n) is 8.62. The second kappa shape index (κ2) is 9.56. The number of fused-ring (bicyclic) bond motifs is 1. The molecule has 1 saturated heterocycles. The van der Waals surface area contributed by atoms with Crippen molar-refractivity contribution in [1.29, 1.82) is 0 Å². The summed E-state index contributed by atoms with van der Waals surface area (Å²) in [6.07, 6.45) is 9.05. The van der Waals surface area contributed by atoms with E-state index in [1.165, 1.54) is 27.8 Å². The van der Waals surface area contributed by atoms with Crippen LogP contribution in [0.3, 0.4) is 0 Å². The van der Waals surface area contributed by atoms with Gasteiger partial charge in [-0.1, -0.05) is 32.1 Å². The molecule has 0 aromatic heterocycles. The van der Waals surface area contributed by atoms with E-state index in [-0.39, 0.29) is 35.9 Å². The highest BCUT2D eigenvalue weighted by atomic mass is 32.2. The molecule has 3 aliphatic rings. The predicted octanol–water partition coefficient (Wildman–Crippen LogP) is 2.43. The van der Waals surface area contributed by atoms with E-state index in [4.69, 9.17) is 4.74 Å². The van der Waals surface area contributed by atoms with Crippen LogP contribution in [-0.4, -0.2) is 56.8 Å². The molecule has 0 spiro atoms. The average molecular weight is 450 g/mol. The number of rotatable bonds is 5. The van der Waals surface area contributed by atoms with Gasteiger partial charge in [-0.25, -0.2) is 8.42 Å². The molecular formula is C22H31N3O5S. The average Bonchev–Trinajstić information content (AvgIpc) is 3.06. The first-order valence-corrected chi connectivity index (χ1v) is 12.8. The van der Waals surface area contributed by atoms with Crippen molar-refractivity contribution >= 4 is 27.5 Å². The van der Waals surface area contributed by atoms with Gasteiger partial charge in [-0.2, -0.15) is 4.31 Å². The molecular weight excluding hydrogens is 418 g/mol. The lowest BCUT2D eigenvalue weighted by atomic mass is 9.95. The van der Waals surface area contributed by atoms with E-state index in [9.17, 15) is 18.0 Å². The third kappa shape index (κ3) is 5.03. The molecule has 1 aliphatic carbocycles. The number of nitrogens with one attached hydrogen (secondary N) is 1. The summed E-state index contributed by atoms with van der Waals surface area (Å²) in [6.45, 7) is 0.700. The van der Waals surface area contributed by atoms with Gasteiger partial charge in [0.25, 0.3) is 5.91 Å². The number of hydrogen-bond donors (Lipinski definition) is 1. The highest BCUT2D eigenvalue weighted by Gasteiger charge is 2.32. The quantitative estimate of drug-likeness (QED) is 0.745. The molecule has 1 aromatic carbocycles. The number of ether oxygens (including phenoxy) is 1. The van der Waals surface area contributed by atoms with Crippen LogP contribution in [0.5, 0.6) is 5.75 Å². The van der Waals surface area contributed by atoms with Crippen LogP contribution in [0.2, 0.25) is 0 Å². The van der Waals surface area contributed by atoms with Crippen LogP contribution < -0.4 is 15.0 Å². The number of benzene rings is 1. The Hall–Kier alpha value is -2.13. The highest BCUT2D eigenvalue weighted by Crippen LogP contribution is 2.35. The zero-order valence-electron chi connectivity index (χ0n) is 17.8. The van der Waals surface area contributed by atoms with Gasteiger partial charge in [-0.05, 0) is 43.9 Å².